The normalized spacial score (nSPS) is 15.1. The lowest BCUT2D eigenvalue weighted by atomic mass is 10.1. The SMILES string of the molecule is Nc1ncnc2c1c(-c1ccc(NS(=O)c3c(F)cccc3F)c(F)c1)cn2C1CCCC1.Nc1ncnc2c1c(-c1ccc(NS(=O)c3ccc(Cl)c([NH+]([O-])O)c3)c(F)c1)cn2C1CCCC1.Nc1ncnc2c1c(-c1ccc(NS(=O)c3ccccc3OC(F)(F)F)c(F)c1)cn2C1CCCC1.O.O.O. The van der Waals surface area contributed by atoms with Crippen LogP contribution in [0.4, 0.5) is 75.3 Å². The number of nitrogens with two attached hydrogens (primary N) is 3. The van der Waals surface area contributed by atoms with E-state index in [1.54, 1.807) is 18.2 Å². The number of nitrogen functional groups attached to an aromatic ring is 3. The molecule has 0 amide bonds. The number of nitrogens with one attached hydrogen (secondary N) is 4. The Morgan fingerprint density at radius 1 is 0.495 bits per heavy atom. The van der Waals surface area contributed by atoms with Gasteiger partial charge in [-0.25, -0.2) is 69.7 Å². The van der Waals surface area contributed by atoms with Gasteiger partial charge in [0.25, 0.3) is 0 Å². The fraction of sp³-hybridized carbons (Fsp3) is 0.229. The van der Waals surface area contributed by atoms with Crippen molar-refractivity contribution in [3.63, 3.8) is 0 Å². The second kappa shape index (κ2) is 33.7. The molecule has 6 heterocycles. The summed E-state index contributed by atoms with van der Waals surface area (Å²) < 4.78 is 167. The number of halogens is 9. The molecule has 3 aliphatic rings. The molecular formula is C70H69ClF8N16O9S3. The van der Waals surface area contributed by atoms with Gasteiger partial charge >= 0.3 is 6.36 Å². The van der Waals surface area contributed by atoms with Crippen LogP contribution in [0, 0.1) is 34.3 Å². The molecule has 15 rings (SSSR count). The Balaban J connectivity index is 0.000000169. The minimum atomic E-state index is -4.96. The molecule has 25 nitrogen and oxygen atoms in total. The molecule has 3 fully saturated rings. The molecule has 3 aliphatic carbocycles. The third-order valence-corrected chi connectivity index (χ3v) is 22.0. The summed E-state index contributed by atoms with van der Waals surface area (Å²) in [6.07, 6.45) is 18.0. The fourth-order valence-corrected chi connectivity index (χ4v) is 16.4. The highest BCUT2D eigenvalue weighted by Crippen LogP contribution is 2.44. The number of anilines is 6. The topological polar surface area (TPSA) is 409 Å². The molecule has 0 saturated heterocycles. The summed E-state index contributed by atoms with van der Waals surface area (Å²) >= 11 is 5.87. The van der Waals surface area contributed by atoms with Crippen molar-refractivity contribution in [2.45, 2.75) is 116 Å². The zero-order valence-electron chi connectivity index (χ0n) is 56.0. The molecule has 17 N–H and O–H groups in total. The number of quaternary nitrogens is 1. The van der Waals surface area contributed by atoms with Crippen LogP contribution in [0.3, 0.4) is 0 Å². The van der Waals surface area contributed by atoms with E-state index in [2.05, 4.69) is 62.5 Å². The van der Waals surface area contributed by atoms with Gasteiger partial charge in [-0.2, -0.15) is 5.23 Å². The van der Waals surface area contributed by atoms with Crippen LogP contribution in [0.15, 0.2) is 168 Å². The fourth-order valence-electron chi connectivity index (χ4n) is 13.4. The third-order valence-electron chi connectivity index (χ3n) is 18.3. The molecule has 3 saturated carbocycles. The van der Waals surface area contributed by atoms with Gasteiger partial charge in [-0.05, 0) is 128 Å². The average Bonchev–Trinajstić information content (AvgIpc) is 1.62. The van der Waals surface area contributed by atoms with Crippen molar-refractivity contribution in [1.82, 2.24) is 43.6 Å². The maximum Gasteiger partial charge on any atom is 0.573 e. The number of nitrogens with zero attached hydrogens (tertiary/aromatic N) is 9. The number of ether oxygens (including phenoxy) is 1. The van der Waals surface area contributed by atoms with Crippen molar-refractivity contribution >= 4 is 118 Å². The summed E-state index contributed by atoms with van der Waals surface area (Å²) in [5, 5.41) is 21.2. The van der Waals surface area contributed by atoms with Crippen LogP contribution in [0.2, 0.25) is 5.02 Å². The minimum Gasteiger partial charge on any atom is -0.595 e. The zero-order chi connectivity index (χ0) is 73.3. The first-order valence-electron chi connectivity index (χ1n) is 32.6. The molecule has 37 heteroatoms. The number of rotatable bonds is 17. The molecule has 12 aromatic rings. The van der Waals surface area contributed by atoms with Crippen molar-refractivity contribution < 1.29 is 79.3 Å². The number of aromatic nitrogens is 9. The van der Waals surface area contributed by atoms with Gasteiger partial charge in [0.2, 0.25) is 0 Å². The van der Waals surface area contributed by atoms with Crippen LogP contribution in [0.1, 0.15) is 95.2 Å². The highest BCUT2D eigenvalue weighted by molar-refractivity contribution is 7.87. The van der Waals surface area contributed by atoms with E-state index < -0.39 is 84.3 Å². The maximum atomic E-state index is 15.1. The molecule has 0 spiro atoms. The predicted octanol–water partition coefficient (Wildman–Crippen LogP) is 13.0. The highest BCUT2D eigenvalue weighted by Gasteiger charge is 2.34. The van der Waals surface area contributed by atoms with Gasteiger partial charge in [-0.15, -0.1) is 13.2 Å². The van der Waals surface area contributed by atoms with Gasteiger partial charge in [0.1, 0.15) is 103 Å². The Kier molecular flexibility index (Phi) is 24.9. The van der Waals surface area contributed by atoms with E-state index >= 15 is 8.78 Å². The predicted molar refractivity (Wildman–Crippen MR) is 392 cm³/mol. The summed E-state index contributed by atoms with van der Waals surface area (Å²) in [6, 6.07) is 25.9. The van der Waals surface area contributed by atoms with Gasteiger partial charge in [-0.1, -0.05) is 86.5 Å². The van der Waals surface area contributed by atoms with Crippen LogP contribution in [-0.2, 0) is 33.0 Å². The number of benzene rings is 6. The molecule has 107 heavy (non-hydrogen) atoms. The van der Waals surface area contributed by atoms with E-state index in [0.29, 0.717) is 79.0 Å². The van der Waals surface area contributed by atoms with Gasteiger partial charge in [-0.3, -0.25) is 14.2 Å². The van der Waals surface area contributed by atoms with Crippen LogP contribution >= 0.6 is 11.6 Å². The number of fused-ring (bicyclic) bond motifs is 3. The number of alkyl halides is 3. The van der Waals surface area contributed by atoms with Gasteiger partial charge < -0.3 is 57.3 Å². The molecular weight excluding hydrogens is 1490 g/mol. The monoisotopic (exact) mass is 1560 g/mol. The van der Waals surface area contributed by atoms with Crippen LogP contribution in [0.25, 0.3) is 66.5 Å². The van der Waals surface area contributed by atoms with E-state index in [1.807, 2.05) is 18.6 Å². The molecule has 0 radical (unpaired) electrons. The lowest BCUT2D eigenvalue weighted by Crippen LogP contribution is -2.99. The first-order valence-corrected chi connectivity index (χ1v) is 36.4. The van der Waals surface area contributed by atoms with Gasteiger partial charge in [0, 0.05) is 59.5 Å². The lowest BCUT2D eigenvalue weighted by molar-refractivity contribution is -0.991. The second-order valence-corrected chi connectivity index (χ2v) is 28.7. The van der Waals surface area contributed by atoms with Crippen molar-refractivity contribution in [2.75, 3.05) is 31.4 Å². The Morgan fingerprint density at radius 3 is 1.24 bits per heavy atom. The van der Waals surface area contributed by atoms with Gasteiger partial charge in [0.15, 0.2) is 38.6 Å². The minimum absolute atomic E-state index is 0. The van der Waals surface area contributed by atoms with Gasteiger partial charge in [0.05, 0.1) is 38.1 Å². The summed E-state index contributed by atoms with van der Waals surface area (Å²) in [5.41, 5.74) is 23.8. The standard InChI is InChI=1S/C24H21F4N5O2S.C23H22ClFN6O3S.C23H20F3N5OS.3H2O/c25-17-11-14(16-12-33(15-5-1-2-6-15)23-21(16)22(29)30-13-31-23)9-10-18(17)32-36(34)20-8-4-3-7-19(20)35-24(26,27)28;24-17-7-6-15(10-20(17)31(32)33)35(34)29-19-8-5-13(9-18(19)25)16-11-30(14-3-1-2-4-14)23-21(16)22(26)27-12-28-23;24-16-6-3-7-17(25)21(16)33(32)30-19-9-8-13(10-18(19)26)15-11-31(14-4-1-2-5-14)23-20(15)22(27)28-12-29-23;;;/h3-4,7-13,15,32H,1-2,5-6H2,(H2,29,30,31);5-12,14,29,31-32H,1-4H2,(H2,26,27,28);3,6-12,14,30H,1-2,4-5H2,(H2,27,28,29);3*1H2. The van der Waals surface area contributed by atoms with E-state index in [1.165, 1.54) is 91.8 Å². The Labute approximate surface area is 616 Å². The van der Waals surface area contributed by atoms with Crippen LogP contribution < -0.4 is 41.3 Å². The number of para-hydroxylation sites is 1. The van der Waals surface area contributed by atoms with Crippen LogP contribution in [0.5, 0.6) is 5.75 Å². The molecule has 6 aromatic heterocycles. The van der Waals surface area contributed by atoms with Crippen molar-refractivity contribution in [3.8, 4) is 39.1 Å². The van der Waals surface area contributed by atoms with E-state index in [9.17, 15) is 49.4 Å². The Morgan fingerprint density at radius 2 is 0.869 bits per heavy atom. The third kappa shape index (κ3) is 16.9. The zero-order valence-corrected chi connectivity index (χ0v) is 59.2. The maximum absolute atomic E-state index is 15.1. The summed E-state index contributed by atoms with van der Waals surface area (Å²) in [7, 11) is -6.46. The molecule has 4 atom stereocenters. The molecule has 4 unspecified atom stereocenters. The quantitative estimate of drug-likeness (QED) is 0.0310. The molecule has 6 aromatic carbocycles. The van der Waals surface area contributed by atoms with E-state index in [-0.39, 0.29) is 65.9 Å². The molecule has 564 valence electrons. The first kappa shape index (κ1) is 79.3. The summed E-state index contributed by atoms with van der Waals surface area (Å²) in [6.45, 7) is 0. The molecule has 0 bridgehead atoms. The number of hydrogen-bond acceptors (Lipinski definition) is 15. The second-order valence-electron chi connectivity index (χ2n) is 24.7. The first-order chi connectivity index (χ1) is 50.0. The Bertz CT molecular complexity index is 5300. The number of hydrogen-bond donors (Lipinski definition) is 8. The smallest absolute Gasteiger partial charge is 0.573 e. The largest absolute Gasteiger partial charge is 0.595 e. The van der Waals surface area contributed by atoms with E-state index in [4.69, 9.17) is 28.8 Å². The summed E-state index contributed by atoms with van der Waals surface area (Å²) in [4.78, 5) is 24.8. The van der Waals surface area contributed by atoms with E-state index in [0.717, 1.165) is 113 Å². The summed E-state index contributed by atoms with van der Waals surface area (Å²) in [5.74, 6) is -3.80. The molecule has 0 aliphatic heterocycles. The van der Waals surface area contributed by atoms with Crippen molar-refractivity contribution in [2.24, 2.45) is 0 Å². The Hall–Kier alpha value is -10.3. The average molecular weight is 1560 g/mol. The highest BCUT2D eigenvalue weighted by atomic mass is 35.5. The van der Waals surface area contributed by atoms with Crippen molar-refractivity contribution in [1.29, 1.82) is 0 Å². The van der Waals surface area contributed by atoms with Crippen molar-refractivity contribution in [3.05, 3.63) is 192 Å². The lowest BCUT2D eigenvalue weighted by Gasteiger charge is -2.14. The van der Waals surface area contributed by atoms with Crippen LogP contribution in [-0.4, -0.2) is 84.2 Å².